The molecule has 1 saturated heterocycles. The molecule has 28 heavy (non-hydrogen) atoms. The average Bonchev–Trinajstić information content (AvgIpc) is 2.70. The third-order valence-electron chi connectivity index (χ3n) is 5.89. The molecule has 1 unspecified atom stereocenters. The maximum absolute atomic E-state index is 11.4. The Kier molecular flexibility index (Phi) is 5.14. The lowest BCUT2D eigenvalue weighted by molar-refractivity contribution is -0.143. The molecule has 3 aromatic rings. The summed E-state index contributed by atoms with van der Waals surface area (Å²) in [5.74, 6) is -0.902. The smallest absolute Gasteiger partial charge is 0.306 e. The number of carboxylic acids is 1. The molecule has 1 aliphatic heterocycles. The van der Waals surface area contributed by atoms with Gasteiger partial charge < -0.3 is 5.11 Å². The Morgan fingerprint density at radius 2 is 1.86 bits per heavy atom. The first-order valence-corrected chi connectivity index (χ1v) is 9.91. The van der Waals surface area contributed by atoms with E-state index >= 15 is 0 Å². The number of carbonyl (C=O) groups is 1. The summed E-state index contributed by atoms with van der Waals surface area (Å²) in [6, 6.07) is 17.1. The topological polar surface area (TPSA) is 53.4 Å². The molecule has 4 nitrogen and oxygen atoms in total. The van der Waals surface area contributed by atoms with Crippen molar-refractivity contribution in [3.8, 4) is 0 Å². The Balaban J connectivity index is 1.75. The number of pyridine rings is 1. The monoisotopic (exact) mass is 374 g/mol. The second-order valence-electron chi connectivity index (χ2n) is 7.87. The Bertz CT molecular complexity index is 1010. The summed E-state index contributed by atoms with van der Waals surface area (Å²) in [7, 11) is 0. The van der Waals surface area contributed by atoms with E-state index in [1.807, 2.05) is 24.4 Å². The van der Waals surface area contributed by atoms with Crippen LogP contribution in [0.1, 0.15) is 41.1 Å². The number of hydrogen-bond acceptors (Lipinski definition) is 3. The van der Waals surface area contributed by atoms with Crippen molar-refractivity contribution < 1.29 is 9.90 Å². The molecule has 0 saturated carbocycles. The summed E-state index contributed by atoms with van der Waals surface area (Å²) in [4.78, 5) is 18.5. The highest BCUT2D eigenvalue weighted by atomic mass is 16.4. The first-order chi connectivity index (χ1) is 13.5. The first-order valence-electron chi connectivity index (χ1n) is 9.91. The lowest BCUT2D eigenvalue weighted by atomic mass is 9.89. The van der Waals surface area contributed by atoms with Gasteiger partial charge in [-0.2, -0.15) is 0 Å². The van der Waals surface area contributed by atoms with E-state index < -0.39 is 5.97 Å². The average molecular weight is 374 g/mol. The highest BCUT2D eigenvalue weighted by Gasteiger charge is 2.31. The van der Waals surface area contributed by atoms with Gasteiger partial charge in [-0.25, -0.2) is 0 Å². The zero-order valence-corrected chi connectivity index (χ0v) is 16.4. The standard InChI is InChI=1S/C24H26N2O2/c1-16-7-8-21(17(2)13-16)23(26-11-9-18(10-12-26)24(27)28)20-14-19-5-3-4-6-22(19)25-15-20/h3-8,13-15,18,23H,9-12H2,1-2H3,(H,27,28). The molecule has 1 aliphatic rings. The Labute approximate surface area is 165 Å². The second kappa shape index (κ2) is 7.72. The number of aromatic nitrogens is 1. The molecular weight excluding hydrogens is 348 g/mol. The fourth-order valence-corrected chi connectivity index (χ4v) is 4.36. The van der Waals surface area contributed by atoms with Gasteiger partial charge in [0.15, 0.2) is 0 Å². The summed E-state index contributed by atoms with van der Waals surface area (Å²) >= 11 is 0. The van der Waals surface area contributed by atoms with Gasteiger partial charge >= 0.3 is 5.97 Å². The molecular formula is C24H26N2O2. The van der Waals surface area contributed by atoms with E-state index in [0.29, 0.717) is 12.8 Å². The number of para-hydroxylation sites is 1. The number of aryl methyl sites for hydroxylation is 2. The van der Waals surface area contributed by atoms with Crippen LogP contribution in [0.3, 0.4) is 0 Å². The van der Waals surface area contributed by atoms with Gasteiger partial charge in [0, 0.05) is 11.6 Å². The summed E-state index contributed by atoms with van der Waals surface area (Å²) < 4.78 is 0. The minimum absolute atomic E-state index is 0.0902. The molecule has 4 heteroatoms. The number of benzene rings is 2. The Hall–Kier alpha value is -2.72. The first kappa shape index (κ1) is 18.6. The number of hydrogen-bond donors (Lipinski definition) is 1. The normalized spacial score (nSPS) is 16.9. The van der Waals surface area contributed by atoms with Crippen LogP contribution in [0.4, 0.5) is 0 Å². The van der Waals surface area contributed by atoms with Crippen LogP contribution in [-0.4, -0.2) is 34.0 Å². The zero-order valence-electron chi connectivity index (χ0n) is 16.4. The summed E-state index contributed by atoms with van der Waals surface area (Å²) in [5, 5.41) is 10.5. The second-order valence-corrected chi connectivity index (χ2v) is 7.87. The molecule has 2 heterocycles. The third-order valence-corrected chi connectivity index (χ3v) is 5.89. The van der Waals surface area contributed by atoms with E-state index in [0.717, 1.165) is 24.0 Å². The number of carboxylic acid groups (broad SMARTS) is 1. The fourth-order valence-electron chi connectivity index (χ4n) is 4.36. The summed E-state index contributed by atoms with van der Waals surface area (Å²) in [6.45, 7) is 5.83. The Morgan fingerprint density at radius 1 is 1.11 bits per heavy atom. The Morgan fingerprint density at radius 3 is 2.57 bits per heavy atom. The number of likely N-dealkylation sites (tertiary alicyclic amines) is 1. The molecule has 4 rings (SSSR count). The van der Waals surface area contributed by atoms with Crippen molar-refractivity contribution in [2.45, 2.75) is 32.7 Å². The van der Waals surface area contributed by atoms with Crippen LogP contribution in [0.2, 0.25) is 0 Å². The van der Waals surface area contributed by atoms with Crippen LogP contribution in [0.15, 0.2) is 54.7 Å². The summed E-state index contributed by atoms with van der Waals surface area (Å²) in [6.07, 6.45) is 3.37. The van der Waals surface area contributed by atoms with Crippen molar-refractivity contribution in [1.29, 1.82) is 0 Å². The molecule has 0 amide bonds. The van der Waals surface area contributed by atoms with Crippen molar-refractivity contribution in [1.82, 2.24) is 9.88 Å². The molecule has 1 aromatic heterocycles. The minimum atomic E-state index is -0.671. The molecule has 144 valence electrons. The van der Waals surface area contributed by atoms with E-state index in [1.165, 1.54) is 22.3 Å². The highest BCUT2D eigenvalue weighted by Crippen LogP contribution is 2.35. The lowest BCUT2D eigenvalue weighted by Gasteiger charge is -2.37. The SMILES string of the molecule is Cc1ccc(C(c2cnc3ccccc3c2)N2CCC(C(=O)O)CC2)c(C)c1. The fraction of sp³-hybridized carbons (Fsp3) is 0.333. The van der Waals surface area contributed by atoms with Crippen LogP contribution < -0.4 is 0 Å². The number of fused-ring (bicyclic) bond motifs is 1. The maximum atomic E-state index is 11.4. The summed E-state index contributed by atoms with van der Waals surface area (Å²) in [5.41, 5.74) is 5.95. The highest BCUT2D eigenvalue weighted by molar-refractivity contribution is 5.79. The van der Waals surface area contributed by atoms with E-state index in [-0.39, 0.29) is 12.0 Å². The van der Waals surface area contributed by atoms with Gasteiger partial charge in [0.2, 0.25) is 0 Å². The number of aliphatic carboxylic acids is 1. The van der Waals surface area contributed by atoms with Gasteiger partial charge in [0.1, 0.15) is 0 Å². The van der Waals surface area contributed by atoms with Crippen LogP contribution >= 0.6 is 0 Å². The van der Waals surface area contributed by atoms with Crippen LogP contribution in [0, 0.1) is 19.8 Å². The molecule has 1 N–H and O–H groups in total. The number of piperidine rings is 1. The van der Waals surface area contributed by atoms with Gasteiger partial charge in [-0.3, -0.25) is 14.7 Å². The molecule has 0 bridgehead atoms. The predicted octanol–water partition coefficient (Wildman–Crippen LogP) is 4.74. The molecule has 0 radical (unpaired) electrons. The quantitative estimate of drug-likeness (QED) is 0.717. The van der Waals surface area contributed by atoms with Crippen LogP contribution in [0.5, 0.6) is 0 Å². The van der Waals surface area contributed by atoms with Gasteiger partial charge in [0.05, 0.1) is 17.5 Å². The van der Waals surface area contributed by atoms with Crippen molar-refractivity contribution in [2.24, 2.45) is 5.92 Å². The number of rotatable bonds is 4. The van der Waals surface area contributed by atoms with Gasteiger partial charge in [-0.05, 0) is 68.6 Å². The molecule has 0 aliphatic carbocycles. The van der Waals surface area contributed by atoms with Crippen molar-refractivity contribution >= 4 is 16.9 Å². The van der Waals surface area contributed by atoms with Gasteiger partial charge in [-0.1, -0.05) is 42.0 Å². The molecule has 0 spiro atoms. The number of nitrogens with zero attached hydrogens (tertiary/aromatic N) is 2. The van der Waals surface area contributed by atoms with E-state index in [9.17, 15) is 9.90 Å². The van der Waals surface area contributed by atoms with Crippen molar-refractivity contribution in [3.05, 3.63) is 77.0 Å². The van der Waals surface area contributed by atoms with E-state index in [2.05, 4.69) is 49.1 Å². The van der Waals surface area contributed by atoms with E-state index in [1.54, 1.807) is 0 Å². The van der Waals surface area contributed by atoms with Crippen molar-refractivity contribution in [3.63, 3.8) is 0 Å². The lowest BCUT2D eigenvalue weighted by Crippen LogP contribution is -2.39. The minimum Gasteiger partial charge on any atom is -0.481 e. The van der Waals surface area contributed by atoms with Crippen molar-refractivity contribution in [2.75, 3.05) is 13.1 Å². The van der Waals surface area contributed by atoms with Crippen LogP contribution in [-0.2, 0) is 4.79 Å². The van der Waals surface area contributed by atoms with Gasteiger partial charge in [0.25, 0.3) is 0 Å². The van der Waals surface area contributed by atoms with Gasteiger partial charge in [-0.15, -0.1) is 0 Å². The molecule has 1 fully saturated rings. The predicted molar refractivity (Wildman–Crippen MR) is 111 cm³/mol. The van der Waals surface area contributed by atoms with E-state index in [4.69, 9.17) is 4.98 Å². The molecule has 2 aromatic carbocycles. The maximum Gasteiger partial charge on any atom is 0.306 e. The van der Waals surface area contributed by atoms with Crippen LogP contribution in [0.25, 0.3) is 10.9 Å². The third kappa shape index (κ3) is 3.65. The molecule has 1 atom stereocenters. The largest absolute Gasteiger partial charge is 0.481 e. The zero-order chi connectivity index (χ0) is 19.7.